The highest BCUT2D eigenvalue weighted by atomic mass is 32.3. The molecule has 0 aromatic heterocycles. The first kappa shape index (κ1) is 14.7. The predicted octanol–water partition coefficient (Wildman–Crippen LogP) is 1.20. The molecule has 0 radical (unpaired) electrons. The van der Waals surface area contributed by atoms with Crippen LogP contribution in [0.1, 0.15) is 12.8 Å². The molecule has 19 heavy (non-hydrogen) atoms. The zero-order chi connectivity index (χ0) is 14.4. The summed E-state index contributed by atoms with van der Waals surface area (Å²) < 4.78 is 70.6. The van der Waals surface area contributed by atoms with Crippen molar-refractivity contribution in [1.82, 2.24) is 9.96 Å². The van der Waals surface area contributed by atoms with Crippen LogP contribution in [0.3, 0.4) is 0 Å². The zero-order valence-electron chi connectivity index (χ0n) is 9.20. The molecule has 110 valence electrons. The minimum Gasteiger partial charge on any atom is -0.308 e. The Morgan fingerprint density at radius 2 is 2.00 bits per heavy atom. The quantitative estimate of drug-likeness (QED) is 0.786. The molecule has 2 aliphatic heterocycles. The summed E-state index contributed by atoms with van der Waals surface area (Å²) in [7, 11) is -4.88. The largest absolute Gasteiger partial charge is 0.443 e. The lowest BCUT2D eigenvalue weighted by molar-refractivity contribution is -0.0346. The van der Waals surface area contributed by atoms with E-state index in [-0.39, 0.29) is 31.1 Å². The standard InChI is InChI=1S/C7H9F3N2O5S2/c8-7(9,10)18-5-2-1-4-3-11(5)6(13)12(4)17-19(14,15)16/h4-5H,1-3H2,(H,14,15,16). The SMILES string of the molecule is O=C1N2CC(CCC2SC(F)(F)F)N1OS(=O)(=O)O. The second kappa shape index (κ2) is 4.68. The van der Waals surface area contributed by atoms with E-state index in [1.165, 1.54) is 0 Å². The number of amides is 2. The van der Waals surface area contributed by atoms with Crippen LogP contribution in [0.25, 0.3) is 0 Å². The lowest BCUT2D eigenvalue weighted by Crippen LogP contribution is -2.39. The average molecular weight is 322 g/mol. The summed E-state index contributed by atoms with van der Waals surface area (Å²) >= 11 is -0.328. The second-order valence-electron chi connectivity index (χ2n) is 4.01. The van der Waals surface area contributed by atoms with E-state index in [1.807, 2.05) is 0 Å². The van der Waals surface area contributed by atoms with Gasteiger partial charge in [0.05, 0.1) is 11.4 Å². The lowest BCUT2D eigenvalue weighted by atomic mass is 10.1. The molecule has 2 unspecified atom stereocenters. The minimum absolute atomic E-state index is 0.0614. The zero-order valence-corrected chi connectivity index (χ0v) is 10.8. The third-order valence-corrected chi connectivity index (χ3v) is 4.09. The summed E-state index contributed by atoms with van der Waals surface area (Å²) in [6, 6.07) is -1.68. The van der Waals surface area contributed by atoms with Gasteiger partial charge in [0.1, 0.15) is 0 Å². The van der Waals surface area contributed by atoms with E-state index in [2.05, 4.69) is 4.28 Å². The Morgan fingerprint density at radius 3 is 2.53 bits per heavy atom. The van der Waals surface area contributed by atoms with Crippen molar-refractivity contribution < 1.29 is 35.2 Å². The molecule has 0 spiro atoms. The third-order valence-electron chi connectivity index (χ3n) is 2.71. The highest BCUT2D eigenvalue weighted by Crippen LogP contribution is 2.42. The Kier molecular flexibility index (Phi) is 3.62. The van der Waals surface area contributed by atoms with Crippen molar-refractivity contribution in [3.05, 3.63) is 0 Å². The van der Waals surface area contributed by atoms with Crippen molar-refractivity contribution in [2.75, 3.05) is 6.54 Å². The molecule has 0 aromatic carbocycles. The van der Waals surface area contributed by atoms with Gasteiger partial charge >= 0.3 is 21.9 Å². The molecule has 2 aliphatic rings. The van der Waals surface area contributed by atoms with E-state index in [0.29, 0.717) is 5.06 Å². The first-order valence-corrected chi connectivity index (χ1v) is 7.33. The second-order valence-corrected chi connectivity index (χ2v) is 6.26. The predicted molar refractivity (Wildman–Crippen MR) is 57.0 cm³/mol. The summed E-state index contributed by atoms with van der Waals surface area (Å²) in [6.45, 7) is -0.0674. The van der Waals surface area contributed by atoms with Crippen molar-refractivity contribution in [3.8, 4) is 0 Å². The van der Waals surface area contributed by atoms with E-state index in [1.54, 1.807) is 0 Å². The number of alkyl halides is 3. The first-order chi connectivity index (χ1) is 8.57. The van der Waals surface area contributed by atoms with E-state index < -0.39 is 33.4 Å². The number of fused-ring (bicyclic) bond motifs is 2. The fraction of sp³-hybridized carbons (Fsp3) is 0.857. The van der Waals surface area contributed by atoms with Crippen molar-refractivity contribution in [2.45, 2.75) is 29.8 Å². The summed E-state index contributed by atoms with van der Waals surface area (Å²) in [5.41, 5.74) is -4.49. The van der Waals surface area contributed by atoms with Crippen LogP contribution in [0, 0.1) is 0 Å². The molecule has 2 saturated heterocycles. The Balaban J connectivity index is 2.11. The Bertz CT molecular complexity index is 482. The normalized spacial score (nSPS) is 28.1. The molecule has 2 rings (SSSR count). The maximum atomic E-state index is 12.3. The monoisotopic (exact) mass is 322 g/mol. The number of hydrogen-bond donors (Lipinski definition) is 1. The highest BCUT2D eigenvalue weighted by Gasteiger charge is 2.50. The summed E-state index contributed by atoms with van der Waals surface area (Å²) in [4.78, 5) is 12.6. The van der Waals surface area contributed by atoms with Crippen molar-refractivity contribution >= 4 is 28.2 Å². The third kappa shape index (κ3) is 3.43. The van der Waals surface area contributed by atoms with Gasteiger partial charge in [0.15, 0.2) is 0 Å². The Hall–Kier alpha value is -0.720. The number of hydroxylamine groups is 2. The van der Waals surface area contributed by atoms with Crippen LogP contribution in [0.2, 0.25) is 0 Å². The van der Waals surface area contributed by atoms with Crippen molar-refractivity contribution in [3.63, 3.8) is 0 Å². The lowest BCUT2D eigenvalue weighted by Gasteiger charge is -2.30. The number of rotatable bonds is 3. The fourth-order valence-electron chi connectivity index (χ4n) is 2.07. The van der Waals surface area contributed by atoms with Gasteiger partial charge in [0.25, 0.3) is 0 Å². The van der Waals surface area contributed by atoms with Crippen LogP contribution in [-0.4, -0.2) is 52.4 Å². The average Bonchev–Trinajstić information content (AvgIpc) is 2.44. The topological polar surface area (TPSA) is 87.2 Å². The van der Waals surface area contributed by atoms with Crippen LogP contribution in [0.4, 0.5) is 18.0 Å². The van der Waals surface area contributed by atoms with Gasteiger partial charge in [-0.2, -0.15) is 26.7 Å². The van der Waals surface area contributed by atoms with Gasteiger partial charge < -0.3 is 4.90 Å². The maximum Gasteiger partial charge on any atom is 0.443 e. The number of urea groups is 1. The fourth-order valence-corrected chi connectivity index (χ4v) is 3.33. The first-order valence-electron chi connectivity index (χ1n) is 5.08. The van der Waals surface area contributed by atoms with Gasteiger partial charge in [-0.15, -0.1) is 4.28 Å². The molecule has 0 saturated carbocycles. The molecule has 7 nitrogen and oxygen atoms in total. The van der Waals surface area contributed by atoms with Crippen molar-refractivity contribution in [2.24, 2.45) is 0 Å². The molecule has 2 heterocycles. The van der Waals surface area contributed by atoms with Crippen LogP contribution in [0.5, 0.6) is 0 Å². The number of nitrogens with zero attached hydrogens (tertiary/aromatic N) is 2. The Morgan fingerprint density at radius 1 is 1.37 bits per heavy atom. The van der Waals surface area contributed by atoms with E-state index in [4.69, 9.17) is 4.55 Å². The van der Waals surface area contributed by atoms with Gasteiger partial charge in [-0.3, -0.25) is 4.55 Å². The molecule has 0 aliphatic carbocycles. The number of halogens is 3. The van der Waals surface area contributed by atoms with Crippen LogP contribution in [0.15, 0.2) is 0 Å². The number of thioether (sulfide) groups is 1. The summed E-state index contributed by atoms with van der Waals surface area (Å²) in [5.74, 6) is 0. The van der Waals surface area contributed by atoms with Crippen LogP contribution in [-0.2, 0) is 14.7 Å². The number of carbonyl (C=O) groups excluding carboxylic acids is 1. The number of hydrogen-bond acceptors (Lipinski definition) is 5. The number of piperidine rings is 1. The summed E-state index contributed by atoms with van der Waals surface area (Å²) in [6.07, 6.45) is 0.220. The van der Waals surface area contributed by atoms with Gasteiger partial charge in [-0.1, -0.05) is 0 Å². The highest BCUT2D eigenvalue weighted by molar-refractivity contribution is 8.00. The molecule has 2 amide bonds. The van der Waals surface area contributed by atoms with Gasteiger partial charge in [0, 0.05) is 6.54 Å². The van der Waals surface area contributed by atoms with Crippen LogP contribution < -0.4 is 0 Å². The van der Waals surface area contributed by atoms with Crippen LogP contribution >= 0.6 is 11.8 Å². The smallest absolute Gasteiger partial charge is 0.308 e. The van der Waals surface area contributed by atoms with Gasteiger partial charge in [0.2, 0.25) is 0 Å². The molecular formula is C7H9F3N2O5S2. The Labute approximate surface area is 110 Å². The van der Waals surface area contributed by atoms with Gasteiger partial charge in [-0.05, 0) is 24.6 Å². The molecule has 1 N–H and O–H groups in total. The molecule has 2 fully saturated rings. The number of carbonyl (C=O) groups is 1. The van der Waals surface area contributed by atoms with E-state index in [9.17, 15) is 26.4 Å². The molecule has 2 bridgehead atoms. The molecule has 2 atom stereocenters. The molecule has 0 aromatic rings. The molecule has 12 heteroatoms. The molecular weight excluding hydrogens is 313 g/mol. The van der Waals surface area contributed by atoms with E-state index in [0.717, 1.165) is 4.90 Å². The minimum atomic E-state index is -4.88. The van der Waals surface area contributed by atoms with E-state index >= 15 is 0 Å². The summed E-state index contributed by atoms with van der Waals surface area (Å²) in [5, 5.41) is -0.703. The van der Waals surface area contributed by atoms with Gasteiger partial charge in [-0.25, -0.2) is 4.79 Å². The maximum absolute atomic E-state index is 12.3. The van der Waals surface area contributed by atoms with Crippen molar-refractivity contribution in [1.29, 1.82) is 0 Å².